The topological polar surface area (TPSA) is 49.7 Å². The number of H-pyrrole nitrogens is 1. The number of nitrogens with zero attached hydrogens (tertiary/aromatic N) is 4. The predicted octanol–water partition coefficient (Wildman–Crippen LogP) is 8.60. The first-order valence-electron chi connectivity index (χ1n) is 14.6. The number of halogens is 2. The van der Waals surface area contributed by atoms with E-state index in [1.54, 1.807) is 6.07 Å². The van der Waals surface area contributed by atoms with Crippen LogP contribution in [-0.4, -0.2) is 26.3 Å². The Hall–Kier alpha value is -3.64. The molecule has 0 aliphatic carbocycles. The molecule has 214 valence electrons. The summed E-state index contributed by atoms with van der Waals surface area (Å²) in [6.45, 7) is 16.2. The zero-order chi connectivity index (χ0) is 29.3. The second-order valence-electron chi connectivity index (χ2n) is 10.8. The summed E-state index contributed by atoms with van der Waals surface area (Å²) in [7, 11) is 0. The molecule has 5 nitrogen and oxygen atoms in total. The smallest absolute Gasteiger partial charge is 0.165 e. The van der Waals surface area contributed by atoms with Crippen molar-refractivity contribution in [2.45, 2.75) is 72.8 Å². The number of anilines is 1. The van der Waals surface area contributed by atoms with Crippen LogP contribution in [-0.2, 0) is 25.8 Å². The molecule has 0 radical (unpaired) electrons. The van der Waals surface area contributed by atoms with Crippen molar-refractivity contribution in [3.8, 4) is 5.69 Å². The molecular weight excluding hydrogens is 533 g/mol. The Morgan fingerprint density at radius 1 is 1.20 bits per heavy atom. The highest BCUT2D eigenvalue weighted by molar-refractivity contribution is 6.48. The van der Waals surface area contributed by atoms with Crippen molar-refractivity contribution in [3.63, 3.8) is 0 Å². The van der Waals surface area contributed by atoms with E-state index in [0.29, 0.717) is 30.4 Å². The molecule has 1 atom stereocenters. The molecule has 0 bridgehead atoms. The van der Waals surface area contributed by atoms with E-state index in [1.807, 2.05) is 36.4 Å². The Balaban J connectivity index is 1.68. The van der Waals surface area contributed by atoms with Crippen molar-refractivity contribution in [2.75, 3.05) is 11.4 Å². The fraction of sp³-hybridized carbons (Fsp3) is 0.353. The number of pyridine rings is 1. The van der Waals surface area contributed by atoms with Gasteiger partial charge in [0.2, 0.25) is 0 Å². The van der Waals surface area contributed by atoms with Gasteiger partial charge in [-0.1, -0.05) is 70.1 Å². The molecule has 5 rings (SSSR count). The summed E-state index contributed by atoms with van der Waals surface area (Å²) in [5.74, 6) is 0.365. The molecule has 1 aliphatic heterocycles. The van der Waals surface area contributed by atoms with Crippen molar-refractivity contribution in [3.05, 3.63) is 106 Å². The van der Waals surface area contributed by atoms with Crippen LogP contribution in [0, 0.1) is 5.82 Å². The number of rotatable bonds is 9. The molecule has 0 fully saturated rings. The highest BCUT2D eigenvalue weighted by Crippen LogP contribution is 2.38. The third-order valence-electron chi connectivity index (χ3n) is 8.39. The van der Waals surface area contributed by atoms with E-state index in [4.69, 9.17) is 16.7 Å². The number of aryl methyl sites for hydroxylation is 2. The molecule has 1 N–H and O–H groups in total. The molecule has 4 heterocycles. The van der Waals surface area contributed by atoms with Gasteiger partial charge in [0.1, 0.15) is 0 Å². The van der Waals surface area contributed by atoms with Crippen LogP contribution >= 0.6 is 11.6 Å². The Bertz CT molecular complexity index is 1590. The Kier molecular flexibility index (Phi) is 8.50. The molecule has 0 saturated heterocycles. The number of hydrogen-bond donors (Lipinski definition) is 1. The van der Waals surface area contributed by atoms with Gasteiger partial charge >= 0.3 is 0 Å². The lowest BCUT2D eigenvalue weighted by Crippen LogP contribution is -2.32. The van der Waals surface area contributed by atoms with E-state index in [-0.39, 0.29) is 11.7 Å². The molecule has 3 aromatic heterocycles. The molecular formula is C34H39ClFN5. The third kappa shape index (κ3) is 5.26. The van der Waals surface area contributed by atoms with Gasteiger partial charge in [-0.2, -0.15) is 5.10 Å². The largest absolute Gasteiger partial charge is 0.360 e. The van der Waals surface area contributed by atoms with Gasteiger partial charge in [-0.3, -0.25) is 0 Å². The number of allylic oxidation sites excluding steroid dienone is 1. The average molecular weight is 572 g/mol. The van der Waals surface area contributed by atoms with Crippen LogP contribution in [0.1, 0.15) is 91.9 Å². The van der Waals surface area contributed by atoms with Gasteiger partial charge in [0.25, 0.3) is 0 Å². The van der Waals surface area contributed by atoms with Gasteiger partial charge < -0.3 is 9.88 Å². The van der Waals surface area contributed by atoms with Crippen molar-refractivity contribution < 1.29 is 4.39 Å². The summed E-state index contributed by atoms with van der Waals surface area (Å²) >= 11 is 6.61. The molecule has 7 heteroatoms. The quantitative estimate of drug-likeness (QED) is 0.219. The van der Waals surface area contributed by atoms with Crippen LogP contribution in [0.4, 0.5) is 10.2 Å². The lowest BCUT2D eigenvalue weighted by atomic mass is 9.95. The summed E-state index contributed by atoms with van der Waals surface area (Å²) in [4.78, 5) is 9.92. The molecule has 41 heavy (non-hydrogen) atoms. The lowest BCUT2D eigenvalue weighted by molar-refractivity contribution is 0.592. The fourth-order valence-electron chi connectivity index (χ4n) is 5.79. The Labute approximate surface area is 247 Å². The maximum atomic E-state index is 15.5. The van der Waals surface area contributed by atoms with Gasteiger partial charge in [0.05, 0.1) is 27.8 Å². The Morgan fingerprint density at radius 2 is 1.93 bits per heavy atom. The second-order valence-corrected chi connectivity index (χ2v) is 11.2. The molecule has 4 aromatic rings. The number of fused-ring (bicyclic) bond motifs is 1. The van der Waals surface area contributed by atoms with Crippen molar-refractivity contribution in [1.29, 1.82) is 0 Å². The molecule has 1 unspecified atom stereocenters. The maximum Gasteiger partial charge on any atom is 0.165 e. The van der Waals surface area contributed by atoms with E-state index in [9.17, 15) is 0 Å². The predicted molar refractivity (Wildman–Crippen MR) is 168 cm³/mol. The number of benzene rings is 1. The third-order valence-corrected chi connectivity index (χ3v) is 8.79. The number of hydrogen-bond acceptors (Lipinski definition) is 3. The molecule has 1 aliphatic rings. The van der Waals surface area contributed by atoms with Crippen LogP contribution in [0.25, 0.3) is 16.3 Å². The van der Waals surface area contributed by atoms with Crippen LogP contribution in [0.3, 0.4) is 0 Å². The number of aromatic nitrogens is 4. The second kappa shape index (κ2) is 12.1. The average Bonchev–Trinajstić information content (AvgIpc) is 3.64. The molecule has 0 amide bonds. The van der Waals surface area contributed by atoms with Crippen LogP contribution in [0.15, 0.2) is 55.4 Å². The van der Waals surface area contributed by atoms with Crippen LogP contribution in [0.5, 0.6) is 0 Å². The highest BCUT2D eigenvalue weighted by atomic mass is 35.5. The van der Waals surface area contributed by atoms with Crippen LogP contribution in [0.2, 0.25) is 0 Å². The van der Waals surface area contributed by atoms with E-state index in [0.717, 1.165) is 64.3 Å². The van der Waals surface area contributed by atoms with Gasteiger partial charge in [-0.25, -0.2) is 14.1 Å². The van der Waals surface area contributed by atoms with Gasteiger partial charge in [-0.15, -0.1) is 0 Å². The van der Waals surface area contributed by atoms with Crippen molar-refractivity contribution in [2.24, 2.45) is 0 Å². The lowest BCUT2D eigenvalue weighted by Gasteiger charge is -2.29. The van der Waals surface area contributed by atoms with E-state index in [2.05, 4.69) is 67.1 Å². The minimum absolute atomic E-state index is 0.262. The summed E-state index contributed by atoms with van der Waals surface area (Å²) in [6.07, 6.45) is 8.96. The first-order valence-corrected chi connectivity index (χ1v) is 15.0. The zero-order valence-electron chi connectivity index (χ0n) is 24.7. The SMILES string of the molecule is C=C(c1cc[nH]c1/C(Cl)=C\C)c1c2c(nn1-c1c(CC)cccc1CC)CCN(c1ncc(C(C)CC)cc1F)C2. The standard InChI is InChI=1S/C34H39ClFN5/c1-7-21(5)25-18-29(36)34(38-19-25)40-17-15-30-27(20-40)32(22(6)26-14-16-37-31(26)28(35)10-4)41(39-30)33-23(8-2)12-11-13-24(33)9-3/h10-14,16,18-19,21,37H,6-9,15,17,20H2,1-5H3/b28-10+. The summed E-state index contributed by atoms with van der Waals surface area (Å²) in [5, 5.41) is 5.85. The first kappa shape index (κ1) is 28.9. The Morgan fingerprint density at radius 3 is 2.56 bits per heavy atom. The van der Waals surface area contributed by atoms with E-state index >= 15 is 4.39 Å². The monoisotopic (exact) mass is 571 g/mol. The number of nitrogens with one attached hydrogen (secondary N) is 1. The highest BCUT2D eigenvalue weighted by Gasteiger charge is 2.31. The number of para-hydroxylation sites is 1. The number of aromatic amines is 1. The van der Waals surface area contributed by atoms with Crippen molar-refractivity contribution in [1.82, 2.24) is 19.7 Å². The van der Waals surface area contributed by atoms with Crippen LogP contribution < -0.4 is 4.90 Å². The van der Waals surface area contributed by atoms with Gasteiger partial charge in [0, 0.05) is 48.6 Å². The van der Waals surface area contributed by atoms with Crippen molar-refractivity contribution >= 4 is 28.0 Å². The maximum absolute atomic E-state index is 15.5. The molecule has 0 spiro atoms. The zero-order valence-corrected chi connectivity index (χ0v) is 25.4. The summed E-state index contributed by atoms with van der Waals surface area (Å²) in [6, 6.07) is 10.1. The minimum atomic E-state index is -0.281. The molecule has 0 saturated carbocycles. The van der Waals surface area contributed by atoms with Gasteiger partial charge in [0.15, 0.2) is 11.6 Å². The minimum Gasteiger partial charge on any atom is -0.360 e. The fourth-order valence-corrected chi connectivity index (χ4v) is 5.94. The summed E-state index contributed by atoms with van der Waals surface area (Å²) in [5.41, 5.74) is 10.0. The first-order chi connectivity index (χ1) is 19.8. The van der Waals surface area contributed by atoms with Gasteiger partial charge in [-0.05, 0) is 60.9 Å². The normalized spacial score (nSPS) is 14.3. The van der Waals surface area contributed by atoms with E-state index < -0.39 is 0 Å². The van der Waals surface area contributed by atoms with E-state index in [1.165, 1.54) is 11.1 Å². The molecule has 1 aromatic carbocycles. The summed E-state index contributed by atoms with van der Waals surface area (Å²) < 4.78 is 17.6.